The van der Waals surface area contributed by atoms with Crippen LogP contribution in [0.4, 0.5) is 11.4 Å². The number of pyridine rings is 1. The van der Waals surface area contributed by atoms with E-state index in [0.29, 0.717) is 0 Å². The Kier molecular flexibility index (Phi) is 5.96. The van der Waals surface area contributed by atoms with Crippen LogP contribution in [-0.2, 0) is 16.1 Å². The second-order valence-electron chi connectivity index (χ2n) is 4.94. The average molecular weight is 400 g/mol. The molecule has 1 aromatic carbocycles. The Morgan fingerprint density at radius 3 is 2.46 bits per heavy atom. The lowest BCUT2D eigenvalue weighted by Gasteiger charge is -2.11. The van der Waals surface area contributed by atoms with Gasteiger partial charge in [0, 0.05) is 6.07 Å². The Morgan fingerprint density at radius 1 is 1.31 bits per heavy atom. The Bertz CT molecular complexity index is 937. The molecule has 0 aliphatic rings. The molecule has 0 aliphatic carbocycles. The lowest BCUT2D eigenvalue weighted by molar-refractivity contribution is -0.385. The molecule has 0 atom stereocenters. The van der Waals surface area contributed by atoms with Crippen molar-refractivity contribution in [2.24, 2.45) is 0 Å². The number of aromatic nitrogens is 1. The molecule has 0 unspecified atom stereocenters. The zero-order valence-electron chi connectivity index (χ0n) is 13.2. The number of halogens is 2. The second-order valence-corrected chi connectivity index (χ2v) is 5.75. The number of carbonyl (C=O) groups excluding carboxylic acids is 2. The van der Waals surface area contributed by atoms with Crippen molar-refractivity contribution in [3.63, 3.8) is 0 Å². The van der Waals surface area contributed by atoms with Gasteiger partial charge < -0.3 is 10.1 Å². The van der Waals surface area contributed by atoms with Crippen LogP contribution in [0.15, 0.2) is 35.3 Å². The van der Waals surface area contributed by atoms with E-state index in [2.05, 4.69) is 10.1 Å². The van der Waals surface area contributed by atoms with Crippen molar-refractivity contribution < 1.29 is 19.2 Å². The zero-order chi connectivity index (χ0) is 19.4. The zero-order valence-corrected chi connectivity index (χ0v) is 14.7. The van der Waals surface area contributed by atoms with Crippen LogP contribution in [0, 0.1) is 10.1 Å². The maximum Gasteiger partial charge on any atom is 0.343 e. The molecule has 0 saturated heterocycles. The van der Waals surface area contributed by atoms with Gasteiger partial charge in [0.2, 0.25) is 5.91 Å². The van der Waals surface area contributed by atoms with Gasteiger partial charge in [0.1, 0.15) is 12.1 Å². The van der Waals surface area contributed by atoms with E-state index in [4.69, 9.17) is 23.2 Å². The average Bonchev–Trinajstić information content (AvgIpc) is 2.59. The Labute approximate surface area is 156 Å². The number of rotatable bonds is 5. The highest BCUT2D eigenvalue weighted by Gasteiger charge is 2.21. The number of hydrogen-bond acceptors (Lipinski definition) is 6. The summed E-state index contributed by atoms with van der Waals surface area (Å²) in [5.41, 5.74) is -1.89. The van der Waals surface area contributed by atoms with Gasteiger partial charge in [0.15, 0.2) is 0 Å². The van der Waals surface area contributed by atoms with Crippen molar-refractivity contribution in [1.29, 1.82) is 0 Å². The van der Waals surface area contributed by atoms with Gasteiger partial charge in [0.25, 0.3) is 11.2 Å². The number of nitrogens with one attached hydrogen (secondary N) is 1. The Hall–Kier alpha value is -2.91. The van der Waals surface area contributed by atoms with Crippen LogP contribution in [0.2, 0.25) is 10.0 Å². The third-order valence-electron chi connectivity index (χ3n) is 3.23. The smallest absolute Gasteiger partial charge is 0.343 e. The summed E-state index contributed by atoms with van der Waals surface area (Å²) in [7, 11) is 1.02. The predicted octanol–water partition coefficient (Wildman–Crippen LogP) is 2.49. The molecular formula is C15H11Cl2N3O6. The maximum absolute atomic E-state index is 12.3. The second kappa shape index (κ2) is 7.98. The summed E-state index contributed by atoms with van der Waals surface area (Å²) < 4.78 is 5.16. The van der Waals surface area contributed by atoms with Crippen molar-refractivity contribution in [2.45, 2.75) is 6.54 Å². The van der Waals surface area contributed by atoms with Crippen LogP contribution in [0.1, 0.15) is 10.4 Å². The molecule has 1 N–H and O–H groups in total. The number of anilines is 1. The van der Waals surface area contributed by atoms with Crippen molar-refractivity contribution in [3.05, 3.63) is 66.5 Å². The van der Waals surface area contributed by atoms with Crippen LogP contribution in [0.3, 0.4) is 0 Å². The fraction of sp³-hybridized carbons (Fsp3) is 0.133. The number of carbonyl (C=O) groups is 2. The number of hydrogen-bond donors (Lipinski definition) is 1. The summed E-state index contributed by atoms with van der Waals surface area (Å²) >= 11 is 11.9. The van der Waals surface area contributed by atoms with Gasteiger partial charge in [-0.1, -0.05) is 29.3 Å². The number of benzene rings is 1. The van der Waals surface area contributed by atoms with E-state index in [1.165, 1.54) is 12.1 Å². The number of para-hydroxylation sites is 1. The summed E-state index contributed by atoms with van der Waals surface area (Å²) in [5, 5.41) is 13.8. The van der Waals surface area contributed by atoms with Crippen molar-refractivity contribution in [3.8, 4) is 0 Å². The van der Waals surface area contributed by atoms with E-state index in [1.807, 2.05) is 0 Å². The largest absolute Gasteiger partial charge is 0.465 e. The van der Waals surface area contributed by atoms with Gasteiger partial charge >= 0.3 is 5.97 Å². The van der Waals surface area contributed by atoms with E-state index >= 15 is 0 Å². The van der Waals surface area contributed by atoms with Crippen LogP contribution < -0.4 is 10.9 Å². The first-order valence-electron chi connectivity index (χ1n) is 6.95. The molecule has 136 valence electrons. The molecule has 0 aliphatic heterocycles. The van der Waals surface area contributed by atoms with Crippen LogP contribution in [0.25, 0.3) is 0 Å². The summed E-state index contributed by atoms with van der Waals surface area (Å²) in [4.78, 5) is 46.3. The van der Waals surface area contributed by atoms with Gasteiger partial charge in [-0.15, -0.1) is 0 Å². The SMILES string of the molecule is COC(=O)c1cc([N+](=O)[O-])cn(CC(=O)Nc2c(Cl)cccc2Cl)c1=O. The molecule has 11 heteroatoms. The highest BCUT2D eigenvalue weighted by atomic mass is 35.5. The number of nitrogens with zero attached hydrogens (tertiary/aromatic N) is 2. The molecule has 0 radical (unpaired) electrons. The van der Waals surface area contributed by atoms with Crippen molar-refractivity contribution >= 4 is 46.5 Å². The maximum atomic E-state index is 12.3. The molecule has 0 saturated carbocycles. The van der Waals surface area contributed by atoms with Gasteiger partial charge in [-0.25, -0.2) is 4.79 Å². The van der Waals surface area contributed by atoms with E-state index < -0.39 is 40.2 Å². The minimum atomic E-state index is -1.05. The summed E-state index contributed by atoms with van der Waals surface area (Å²) in [6, 6.07) is 5.36. The minimum Gasteiger partial charge on any atom is -0.465 e. The highest BCUT2D eigenvalue weighted by molar-refractivity contribution is 6.39. The molecule has 1 aromatic heterocycles. The fourth-order valence-electron chi connectivity index (χ4n) is 2.04. The number of methoxy groups -OCH3 is 1. The molecule has 0 fully saturated rings. The summed E-state index contributed by atoms with van der Waals surface area (Å²) in [6.07, 6.45) is 0.850. The third-order valence-corrected chi connectivity index (χ3v) is 3.86. The monoisotopic (exact) mass is 399 g/mol. The molecular weight excluding hydrogens is 389 g/mol. The standard InChI is InChI=1S/C15H11Cl2N3O6/c1-26-15(23)9-5-8(20(24)25)6-19(14(9)22)7-12(21)18-13-10(16)3-2-4-11(13)17/h2-6H,7H2,1H3,(H,18,21). The van der Waals surface area contributed by atoms with Crippen molar-refractivity contribution in [1.82, 2.24) is 4.57 Å². The summed E-state index contributed by atoms with van der Waals surface area (Å²) in [6.45, 7) is -0.605. The lowest BCUT2D eigenvalue weighted by Crippen LogP contribution is -2.31. The molecule has 0 bridgehead atoms. The Morgan fingerprint density at radius 2 is 1.92 bits per heavy atom. The van der Waals surface area contributed by atoms with Gasteiger partial charge in [-0.2, -0.15) is 0 Å². The molecule has 0 spiro atoms. The number of ether oxygens (including phenoxy) is 1. The van der Waals surface area contributed by atoms with Crippen molar-refractivity contribution in [2.75, 3.05) is 12.4 Å². The predicted molar refractivity (Wildman–Crippen MR) is 93.8 cm³/mol. The first kappa shape index (κ1) is 19.4. The molecule has 2 rings (SSSR count). The van der Waals surface area contributed by atoms with E-state index in [-0.39, 0.29) is 15.7 Å². The topological polar surface area (TPSA) is 121 Å². The van der Waals surface area contributed by atoms with E-state index in [1.54, 1.807) is 6.07 Å². The van der Waals surface area contributed by atoms with Crippen LogP contribution >= 0.6 is 23.2 Å². The minimum absolute atomic E-state index is 0.132. The molecule has 1 amide bonds. The lowest BCUT2D eigenvalue weighted by atomic mass is 10.2. The number of amides is 1. The molecule has 1 heterocycles. The van der Waals surface area contributed by atoms with Crippen LogP contribution in [0.5, 0.6) is 0 Å². The van der Waals surface area contributed by atoms with Gasteiger partial charge in [0.05, 0.1) is 34.0 Å². The normalized spacial score (nSPS) is 10.3. The third kappa shape index (κ3) is 4.19. The number of esters is 1. The molecule has 9 nitrogen and oxygen atoms in total. The quantitative estimate of drug-likeness (QED) is 0.468. The fourth-order valence-corrected chi connectivity index (χ4v) is 2.54. The highest BCUT2D eigenvalue weighted by Crippen LogP contribution is 2.29. The first-order valence-corrected chi connectivity index (χ1v) is 7.71. The summed E-state index contributed by atoms with van der Waals surface area (Å²) in [5.74, 6) is -1.78. The van der Waals surface area contributed by atoms with E-state index in [0.717, 1.165) is 23.9 Å². The first-order chi connectivity index (χ1) is 12.2. The van der Waals surface area contributed by atoms with E-state index in [9.17, 15) is 24.5 Å². The molecule has 2 aromatic rings. The van der Waals surface area contributed by atoms with Gasteiger partial charge in [-0.3, -0.25) is 24.3 Å². The van der Waals surface area contributed by atoms with Crippen LogP contribution in [-0.4, -0.2) is 28.5 Å². The Balaban J connectivity index is 2.37. The molecule has 26 heavy (non-hydrogen) atoms. The van der Waals surface area contributed by atoms with Gasteiger partial charge in [-0.05, 0) is 12.1 Å². The number of nitro groups is 1.